The smallest absolute Gasteiger partial charge is 0.321 e. The van der Waals surface area contributed by atoms with Crippen LogP contribution in [-0.2, 0) is 4.79 Å². The lowest BCUT2D eigenvalue weighted by Gasteiger charge is -2.37. The number of carbonyl (C=O) groups is 2. The van der Waals surface area contributed by atoms with Crippen LogP contribution in [0.5, 0.6) is 0 Å². The fourth-order valence-corrected chi connectivity index (χ4v) is 4.06. The zero-order valence-electron chi connectivity index (χ0n) is 17.4. The number of rotatable bonds is 2. The highest BCUT2D eigenvalue weighted by Gasteiger charge is 2.43. The fourth-order valence-electron chi connectivity index (χ4n) is 3.89. The Hall–Kier alpha value is -2.86. The van der Waals surface area contributed by atoms with Crippen molar-refractivity contribution in [2.45, 2.75) is 39.3 Å². The van der Waals surface area contributed by atoms with Gasteiger partial charge in [-0.05, 0) is 55.7 Å². The number of nitrogens with zero attached hydrogens (tertiary/aromatic N) is 2. The molecular formula is C23H25ClN4O2. The van der Waals surface area contributed by atoms with Crippen molar-refractivity contribution in [1.82, 2.24) is 10.2 Å². The molecule has 2 aromatic carbocycles. The predicted octanol–water partition coefficient (Wildman–Crippen LogP) is 4.21. The van der Waals surface area contributed by atoms with E-state index in [1.165, 1.54) is 5.56 Å². The van der Waals surface area contributed by atoms with Gasteiger partial charge in [-0.15, -0.1) is 0 Å². The van der Waals surface area contributed by atoms with Gasteiger partial charge in [-0.25, -0.2) is 4.79 Å². The Morgan fingerprint density at radius 1 is 1.07 bits per heavy atom. The lowest BCUT2D eigenvalue weighted by Crippen LogP contribution is -2.53. The van der Waals surface area contributed by atoms with Crippen LogP contribution in [0.4, 0.5) is 10.5 Å². The minimum Gasteiger partial charge on any atom is -0.326 e. The summed E-state index contributed by atoms with van der Waals surface area (Å²) in [7, 11) is 0. The molecule has 2 aliphatic rings. The first kappa shape index (κ1) is 20.4. The monoisotopic (exact) mass is 424 g/mol. The van der Waals surface area contributed by atoms with Crippen LogP contribution >= 0.6 is 11.6 Å². The van der Waals surface area contributed by atoms with Gasteiger partial charge in [0.05, 0.1) is 0 Å². The molecule has 2 aliphatic heterocycles. The normalized spacial score (nSPS) is 17.7. The van der Waals surface area contributed by atoms with Crippen LogP contribution in [0.1, 0.15) is 35.1 Å². The molecule has 2 N–H and O–H groups in total. The molecule has 0 saturated carbocycles. The van der Waals surface area contributed by atoms with Crippen molar-refractivity contribution < 1.29 is 9.59 Å². The SMILES string of the molecule is Cc1ccc(C2=NC3(CCN(C(=O)Nc4cc(Cl)ccc4C)CC3)NC2=O)cc1C. The average Bonchev–Trinajstić information content (AvgIpc) is 3.03. The molecule has 156 valence electrons. The molecule has 1 fully saturated rings. The number of halogens is 1. The van der Waals surface area contributed by atoms with Crippen LogP contribution in [0.2, 0.25) is 5.02 Å². The van der Waals surface area contributed by atoms with E-state index < -0.39 is 5.66 Å². The van der Waals surface area contributed by atoms with Crippen LogP contribution < -0.4 is 10.6 Å². The minimum absolute atomic E-state index is 0.147. The van der Waals surface area contributed by atoms with E-state index in [4.69, 9.17) is 16.6 Å². The Balaban J connectivity index is 1.45. The first-order chi connectivity index (χ1) is 14.3. The molecule has 30 heavy (non-hydrogen) atoms. The minimum atomic E-state index is -0.631. The molecule has 3 amide bonds. The van der Waals surface area contributed by atoms with Crippen molar-refractivity contribution in [2.24, 2.45) is 4.99 Å². The largest absolute Gasteiger partial charge is 0.326 e. The molecule has 2 aromatic rings. The van der Waals surface area contributed by atoms with Crippen LogP contribution in [0.15, 0.2) is 41.4 Å². The molecule has 0 radical (unpaired) electrons. The lowest BCUT2D eigenvalue weighted by molar-refractivity contribution is -0.115. The van der Waals surface area contributed by atoms with E-state index in [0.29, 0.717) is 42.4 Å². The second kappa shape index (κ2) is 7.76. The maximum Gasteiger partial charge on any atom is 0.321 e. The molecule has 0 bridgehead atoms. The number of amides is 3. The summed E-state index contributed by atoms with van der Waals surface area (Å²) < 4.78 is 0. The topological polar surface area (TPSA) is 73.8 Å². The van der Waals surface area contributed by atoms with Gasteiger partial charge in [-0.3, -0.25) is 9.79 Å². The van der Waals surface area contributed by atoms with E-state index in [2.05, 4.69) is 10.6 Å². The van der Waals surface area contributed by atoms with Crippen molar-refractivity contribution in [1.29, 1.82) is 0 Å². The fraction of sp³-hybridized carbons (Fsp3) is 0.348. The second-order valence-corrected chi connectivity index (χ2v) is 8.56. The standard InChI is InChI=1S/C23H25ClN4O2/c1-14-4-6-17(12-16(14)3)20-21(29)27-23(26-20)8-10-28(11-9-23)22(30)25-19-13-18(24)7-5-15(19)2/h4-7,12-13H,8-11H2,1-3H3,(H,25,30)(H,27,29). The molecule has 0 aliphatic carbocycles. The second-order valence-electron chi connectivity index (χ2n) is 8.12. The number of hydrogen-bond donors (Lipinski definition) is 2. The maximum atomic E-state index is 12.7. The number of piperidine rings is 1. The van der Waals surface area contributed by atoms with Crippen molar-refractivity contribution in [3.8, 4) is 0 Å². The molecular weight excluding hydrogens is 400 g/mol. The Bertz CT molecular complexity index is 1060. The Labute approximate surface area is 181 Å². The van der Waals surface area contributed by atoms with Gasteiger partial charge in [-0.2, -0.15) is 0 Å². The van der Waals surface area contributed by atoms with Gasteiger partial charge in [0.2, 0.25) is 0 Å². The summed E-state index contributed by atoms with van der Waals surface area (Å²) in [5.41, 5.74) is 4.65. The highest BCUT2D eigenvalue weighted by molar-refractivity contribution is 6.46. The zero-order valence-corrected chi connectivity index (χ0v) is 18.1. The number of urea groups is 1. The Kier molecular flexibility index (Phi) is 5.28. The third kappa shape index (κ3) is 3.92. The summed E-state index contributed by atoms with van der Waals surface area (Å²) in [5, 5.41) is 6.57. The van der Waals surface area contributed by atoms with E-state index in [1.807, 2.05) is 45.0 Å². The van der Waals surface area contributed by atoms with Crippen molar-refractivity contribution >= 4 is 34.9 Å². The maximum absolute atomic E-state index is 12.7. The number of aryl methyl sites for hydroxylation is 3. The van der Waals surface area contributed by atoms with Gasteiger partial charge in [-0.1, -0.05) is 29.8 Å². The molecule has 2 heterocycles. The van der Waals surface area contributed by atoms with Gasteiger partial charge in [0.1, 0.15) is 11.4 Å². The van der Waals surface area contributed by atoms with E-state index in [0.717, 1.165) is 16.7 Å². The highest BCUT2D eigenvalue weighted by atomic mass is 35.5. The van der Waals surface area contributed by atoms with E-state index >= 15 is 0 Å². The van der Waals surface area contributed by atoms with E-state index in [-0.39, 0.29) is 11.9 Å². The molecule has 4 rings (SSSR count). The number of carbonyl (C=O) groups excluding carboxylic acids is 2. The summed E-state index contributed by atoms with van der Waals surface area (Å²) in [6, 6.07) is 11.2. The number of nitrogens with one attached hydrogen (secondary N) is 2. The average molecular weight is 425 g/mol. The molecule has 1 saturated heterocycles. The van der Waals surface area contributed by atoms with Crippen LogP contribution in [0.3, 0.4) is 0 Å². The number of likely N-dealkylation sites (tertiary alicyclic amines) is 1. The quantitative estimate of drug-likeness (QED) is 0.757. The van der Waals surface area contributed by atoms with E-state index in [9.17, 15) is 9.59 Å². The van der Waals surface area contributed by atoms with Crippen molar-refractivity contribution in [3.05, 3.63) is 63.7 Å². The first-order valence-corrected chi connectivity index (χ1v) is 10.5. The molecule has 0 unspecified atom stereocenters. The molecule has 7 heteroatoms. The van der Waals surface area contributed by atoms with Crippen LogP contribution in [0.25, 0.3) is 0 Å². The van der Waals surface area contributed by atoms with Crippen LogP contribution in [-0.4, -0.2) is 41.3 Å². The third-order valence-corrected chi connectivity index (χ3v) is 6.22. The molecule has 0 aromatic heterocycles. The molecule has 1 spiro atoms. The number of anilines is 1. The summed E-state index contributed by atoms with van der Waals surface area (Å²) in [6.07, 6.45) is 1.16. The Morgan fingerprint density at radius 3 is 2.47 bits per heavy atom. The third-order valence-electron chi connectivity index (χ3n) is 5.99. The first-order valence-electron chi connectivity index (χ1n) is 10.1. The number of aliphatic imine (C=N–C) groups is 1. The summed E-state index contributed by atoms with van der Waals surface area (Å²) >= 11 is 6.04. The summed E-state index contributed by atoms with van der Waals surface area (Å²) in [6.45, 7) is 7.02. The number of benzene rings is 2. The van der Waals surface area contributed by atoms with Crippen LogP contribution in [0, 0.1) is 20.8 Å². The zero-order chi connectivity index (χ0) is 21.5. The van der Waals surface area contributed by atoms with Gasteiger partial charge in [0.15, 0.2) is 0 Å². The van der Waals surface area contributed by atoms with Gasteiger partial charge in [0, 0.05) is 42.2 Å². The van der Waals surface area contributed by atoms with Crippen molar-refractivity contribution in [2.75, 3.05) is 18.4 Å². The molecule has 6 nitrogen and oxygen atoms in total. The number of hydrogen-bond acceptors (Lipinski definition) is 3. The van der Waals surface area contributed by atoms with Crippen molar-refractivity contribution in [3.63, 3.8) is 0 Å². The predicted molar refractivity (Wildman–Crippen MR) is 119 cm³/mol. The van der Waals surface area contributed by atoms with E-state index in [1.54, 1.807) is 17.0 Å². The lowest BCUT2D eigenvalue weighted by atomic mass is 9.98. The molecule has 0 atom stereocenters. The van der Waals surface area contributed by atoms with Gasteiger partial charge in [0.25, 0.3) is 5.91 Å². The summed E-state index contributed by atoms with van der Waals surface area (Å²) in [4.78, 5) is 31.9. The highest BCUT2D eigenvalue weighted by Crippen LogP contribution is 2.30. The van der Waals surface area contributed by atoms with Gasteiger partial charge < -0.3 is 15.5 Å². The van der Waals surface area contributed by atoms with Gasteiger partial charge >= 0.3 is 6.03 Å². The summed E-state index contributed by atoms with van der Waals surface area (Å²) in [5.74, 6) is -0.147. The Morgan fingerprint density at radius 2 is 1.77 bits per heavy atom.